The van der Waals surface area contributed by atoms with Gasteiger partial charge in [-0.15, -0.1) is 0 Å². The van der Waals surface area contributed by atoms with Gasteiger partial charge in [0.05, 0.1) is 0 Å². The molecule has 0 fully saturated rings. The first-order valence-corrected chi connectivity index (χ1v) is 3.25. The van der Waals surface area contributed by atoms with E-state index in [1.54, 1.807) is 13.8 Å². The van der Waals surface area contributed by atoms with Gasteiger partial charge in [0.25, 0.3) is 0 Å². The van der Waals surface area contributed by atoms with Crippen molar-refractivity contribution in [3.05, 3.63) is 11.4 Å². The summed E-state index contributed by atoms with van der Waals surface area (Å²) in [6.45, 7) is 10.1. The van der Waals surface area contributed by atoms with Crippen LogP contribution < -0.4 is 0 Å². The van der Waals surface area contributed by atoms with E-state index >= 15 is 0 Å². The van der Waals surface area contributed by atoms with E-state index in [0.29, 0.717) is 12.8 Å². The molecule has 0 aliphatic heterocycles. The zero-order chi connectivity index (χ0) is 8.20. The van der Waals surface area contributed by atoms with E-state index in [4.69, 9.17) is 11.7 Å². The van der Waals surface area contributed by atoms with Gasteiger partial charge in [0.2, 0.25) is 0 Å². The SMILES string of the molecule is [C-]#[N+]C(CC)(CC)C(=O)O.[Na]. The van der Waals surface area contributed by atoms with Gasteiger partial charge in [-0.25, -0.2) is 11.4 Å². The summed E-state index contributed by atoms with van der Waals surface area (Å²) < 4.78 is 0. The van der Waals surface area contributed by atoms with E-state index in [9.17, 15) is 4.79 Å². The molecule has 0 atom stereocenters. The maximum atomic E-state index is 10.5. The van der Waals surface area contributed by atoms with Gasteiger partial charge >= 0.3 is 11.5 Å². The van der Waals surface area contributed by atoms with Crippen molar-refractivity contribution in [1.82, 2.24) is 0 Å². The minimum atomic E-state index is -1.17. The molecular formula is C7H11NNaO2. The summed E-state index contributed by atoms with van der Waals surface area (Å²) in [6.07, 6.45) is 0.755. The van der Waals surface area contributed by atoms with Crippen molar-refractivity contribution in [3.8, 4) is 0 Å². The van der Waals surface area contributed by atoms with Crippen LogP contribution in [-0.2, 0) is 4.79 Å². The fourth-order valence-electron chi connectivity index (χ4n) is 0.758. The summed E-state index contributed by atoms with van der Waals surface area (Å²) >= 11 is 0. The van der Waals surface area contributed by atoms with Crippen LogP contribution in [0.3, 0.4) is 0 Å². The van der Waals surface area contributed by atoms with Crippen LogP contribution in [-0.4, -0.2) is 46.2 Å². The van der Waals surface area contributed by atoms with E-state index in [-0.39, 0.29) is 29.6 Å². The maximum Gasteiger partial charge on any atom is 0.390 e. The van der Waals surface area contributed by atoms with Crippen LogP contribution >= 0.6 is 0 Å². The van der Waals surface area contributed by atoms with Crippen LogP contribution in [0.4, 0.5) is 0 Å². The molecule has 0 amide bonds. The van der Waals surface area contributed by atoms with Crippen LogP contribution in [0.15, 0.2) is 0 Å². The summed E-state index contributed by atoms with van der Waals surface area (Å²) in [5.74, 6) is -1.01. The molecule has 0 heterocycles. The van der Waals surface area contributed by atoms with Crippen LogP contribution in [0.1, 0.15) is 26.7 Å². The van der Waals surface area contributed by atoms with Crippen LogP contribution in [0, 0.1) is 6.57 Å². The molecule has 0 aromatic rings. The molecule has 0 aromatic carbocycles. The minimum Gasteiger partial charge on any atom is -0.475 e. The number of aliphatic carboxylic acids is 1. The van der Waals surface area contributed by atoms with Crippen LogP contribution in [0.5, 0.6) is 0 Å². The molecule has 4 heteroatoms. The second-order valence-electron chi connectivity index (χ2n) is 2.16. The van der Waals surface area contributed by atoms with Gasteiger partial charge in [-0.3, -0.25) is 4.85 Å². The summed E-state index contributed by atoms with van der Waals surface area (Å²) in [7, 11) is 0. The van der Waals surface area contributed by atoms with Gasteiger partial charge in [-0.05, 0) is 0 Å². The molecule has 0 aliphatic carbocycles. The summed E-state index contributed by atoms with van der Waals surface area (Å²) in [5.41, 5.74) is -1.17. The van der Waals surface area contributed by atoms with Crippen molar-refractivity contribution in [2.45, 2.75) is 32.2 Å². The Hall–Kier alpha value is -0.0400. The number of carbonyl (C=O) groups is 1. The van der Waals surface area contributed by atoms with Gasteiger partial charge in [0, 0.05) is 42.4 Å². The molecule has 0 saturated carbocycles. The Labute approximate surface area is 88.9 Å². The fraction of sp³-hybridized carbons (Fsp3) is 0.714. The first-order valence-electron chi connectivity index (χ1n) is 3.25. The van der Waals surface area contributed by atoms with E-state index in [2.05, 4.69) is 4.85 Å². The molecule has 0 saturated heterocycles. The Balaban J connectivity index is 0. The zero-order valence-corrected chi connectivity index (χ0v) is 9.22. The monoisotopic (exact) mass is 164 g/mol. The average Bonchev–Trinajstić information content (AvgIpc) is 1.92. The molecule has 1 radical (unpaired) electrons. The van der Waals surface area contributed by atoms with Crippen molar-refractivity contribution in [2.24, 2.45) is 0 Å². The minimum absolute atomic E-state index is 0. The molecule has 11 heavy (non-hydrogen) atoms. The largest absolute Gasteiger partial charge is 0.475 e. The molecule has 57 valence electrons. The van der Waals surface area contributed by atoms with Gasteiger partial charge < -0.3 is 5.11 Å². The molecular weight excluding hydrogens is 153 g/mol. The van der Waals surface area contributed by atoms with Crippen LogP contribution in [0.2, 0.25) is 0 Å². The maximum absolute atomic E-state index is 10.5. The molecule has 3 nitrogen and oxygen atoms in total. The summed E-state index contributed by atoms with van der Waals surface area (Å²) in [6, 6.07) is 0. The third-order valence-corrected chi connectivity index (χ3v) is 1.78. The van der Waals surface area contributed by atoms with E-state index < -0.39 is 11.5 Å². The van der Waals surface area contributed by atoms with Crippen molar-refractivity contribution >= 4 is 35.5 Å². The predicted octanol–water partition coefficient (Wildman–Crippen LogP) is 1.17. The van der Waals surface area contributed by atoms with E-state index in [0.717, 1.165) is 0 Å². The number of carboxylic acid groups (broad SMARTS) is 1. The topological polar surface area (TPSA) is 41.7 Å². The molecule has 0 aliphatic rings. The Morgan fingerprint density at radius 1 is 1.55 bits per heavy atom. The predicted molar refractivity (Wildman–Crippen MR) is 43.3 cm³/mol. The molecule has 0 spiro atoms. The Morgan fingerprint density at radius 2 is 1.91 bits per heavy atom. The van der Waals surface area contributed by atoms with Gasteiger partial charge in [0.15, 0.2) is 0 Å². The third kappa shape index (κ3) is 2.82. The summed E-state index contributed by atoms with van der Waals surface area (Å²) in [4.78, 5) is 13.6. The standard InChI is InChI=1S/C7H11NO2.Na/c1-4-7(5-2,8-3)6(9)10;/h4-5H2,1-2H3,(H,9,10);. The van der Waals surface area contributed by atoms with Crippen molar-refractivity contribution in [1.29, 1.82) is 0 Å². The quantitative estimate of drug-likeness (QED) is 0.502. The average molecular weight is 164 g/mol. The van der Waals surface area contributed by atoms with Crippen molar-refractivity contribution in [3.63, 3.8) is 0 Å². The number of nitrogens with zero attached hydrogens (tertiary/aromatic N) is 1. The smallest absolute Gasteiger partial charge is 0.390 e. The van der Waals surface area contributed by atoms with Crippen LogP contribution in [0.25, 0.3) is 4.85 Å². The Kier molecular flexibility index (Phi) is 6.88. The normalized spacial score (nSPS) is 9.55. The molecule has 0 unspecified atom stereocenters. The van der Waals surface area contributed by atoms with Gasteiger partial charge in [-0.2, -0.15) is 0 Å². The second kappa shape index (κ2) is 5.59. The summed E-state index contributed by atoms with van der Waals surface area (Å²) in [5, 5.41) is 8.61. The Bertz CT molecular complexity index is 170. The first kappa shape index (κ1) is 13.5. The first-order chi connectivity index (χ1) is 4.63. The van der Waals surface area contributed by atoms with Crippen molar-refractivity contribution in [2.75, 3.05) is 0 Å². The molecule has 0 bridgehead atoms. The van der Waals surface area contributed by atoms with E-state index in [1.165, 1.54) is 0 Å². The molecule has 0 rings (SSSR count). The Morgan fingerprint density at radius 3 is 1.91 bits per heavy atom. The van der Waals surface area contributed by atoms with Gasteiger partial charge in [0.1, 0.15) is 0 Å². The van der Waals surface area contributed by atoms with Gasteiger partial charge in [-0.1, -0.05) is 13.8 Å². The van der Waals surface area contributed by atoms with E-state index in [1.807, 2.05) is 0 Å². The fourth-order valence-corrected chi connectivity index (χ4v) is 0.758. The third-order valence-electron chi connectivity index (χ3n) is 1.78. The number of hydrogen-bond acceptors (Lipinski definition) is 1. The van der Waals surface area contributed by atoms with Crippen molar-refractivity contribution < 1.29 is 9.90 Å². The zero-order valence-electron chi connectivity index (χ0n) is 7.22. The number of carboxylic acids is 1. The molecule has 1 N–H and O–H groups in total. The number of rotatable bonds is 3. The number of hydrogen-bond donors (Lipinski definition) is 1. The molecule has 0 aromatic heterocycles. The second-order valence-corrected chi connectivity index (χ2v) is 2.16.